The lowest BCUT2D eigenvalue weighted by Gasteiger charge is -2.38. The first-order chi connectivity index (χ1) is 15.3. The highest BCUT2D eigenvalue weighted by atomic mass is 19.4. The number of likely N-dealkylation sites (tertiary alicyclic amines) is 1. The molecule has 176 valence electrons. The van der Waals surface area contributed by atoms with Crippen LogP contribution < -0.4 is 15.0 Å². The molecule has 0 atom stereocenters. The van der Waals surface area contributed by atoms with Crippen LogP contribution in [0.4, 0.5) is 23.7 Å². The molecule has 6 nitrogen and oxygen atoms in total. The van der Waals surface area contributed by atoms with Crippen molar-refractivity contribution in [1.82, 2.24) is 10.2 Å². The molecule has 3 amide bonds. The number of carbonyl (C=O) groups is 2. The average molecular weight is 454 g/mol. The van der Waals surface area contributed by atoms with Gasteiger partial charge in [-0.1, -0.05) is 19.3 Å². The molecule has 1 aromatic carbocycles. The van der Waals surface area contributed by atoms with Crippen LogP contribution in [-0.4, -0.2) is 49.4 Å². The Morgan fingerprint density at radius 1 is 1.03 bits per heavy atom. The monoisotopic (exact) mass is 453 g/mol. The van der Waals surface area contributed by atoms with Crippen LogP contribution >= 0.6 is 0 Å². The Kier molecular flexibility index (Phi) is 6.53. The summed E-state index contributed by atoms with van der Waals surface area (Å²) in [6.07, 6.45) is 3.27. The van der Waals surface area contributed by atoms with E-state index in [1.165, 1.54) is 56.4 Å². The van der Waals surface area contributed by atoms with Gasteiger partial charge in [-0.05, 0) is 62.3 Å². The third kappa shape index (κ3) is 5.13. The topological polar surface area (TPSA) is 61.9 Å². The number of amides is 3. The van der Waals surface area contributed by atoms with Gasteiger partial charge >= 0.3 is 12.4 Å². The summed E-state index contributed by atoms with van der Waals surface area (Å²) in [7, 11) is 0. The van der Waals surface area contributed by atoms with E-state index in [9.17, 15) is 22.8 Å². The third-order valence-corrected chi connectivity index (χ3v) is 7.17. The number of halogens is 3. The number of anilines is 1. The number of hydrogen-bond donors (Lipinski definition) is 1. The van der Waals surface area contributed by atoms with Crippen LogP contribution in [0.1, 0.15) is 51.4 Å². The number of rotatable bonds is 4. The maximum Gasteiger partial charge on any atom is 0.573 e. The molecule has 3 fully saturated rings. The second-order valence-electron chi connectivity index (χ2n) is 9.21. The van der Waals surface area contributed by atoms with Crippen LogP contribution in [0.25, 0.3) is 0 Å². The van der Waals surface area contributed by atoms with Gasteiger partial charge in [0.25, 0.3) is 0 Å². The summed E-state index contributed by atoms with van der Waals surface area (Å²) in [4.78, 5) is 29.2. The third-order valence-electron chi connectivity index (χ3n) is 7.17. The number of piperidine rings is 1. The fourth-order valence-corrected chi connectivity index (χ4v) is 5.23. The van der Waals surface area contributed by atoms with E-state index in [0.29, 0.717) is 50.5 Å². The van der Waals surface area contributed by atoms with Crippen LogP contribution in [0.2, 0.25) is 0 Å². The first-order valence-corrected chi connectivity index (χ1v) is 11.5. The fraction of sp³-hybridized carbons (Fsp3) is 0.652. The van der Waals surface area contributed by atoms with Crippen molar-refractivity contribution in [3.63, 3.8) is 0 Å². The molecule has 2 heterocycles. The van der Waals surface area contributed by atoms with E-state index in [1.54, 1.807) is 9.80 Å². The molecule has 2 aliphatic heterocycles. The molecule has 32 heavy (non-hydrogen) atoms. The highest BCUT2D eigenvalue weighted by Gasteiger charge is 2.49. The van der Waals surface area contributed by atoms with Crippen LogP contribution in [0.3, 0.4) is 0 Å². The summed E-state index contributed by atoms with van der Waals surface area (Å²) in [6.45, 7) is 2.32. The number of urea groups is 1. The standard InChI is InChI=1S/C23H30F3N3O3/c24-23(25,26)32-19-8-6-18(7-9-19)29-15-12-22(20(29)30)10-13-28(14-11-22)21(31)27-16-17-4-2-1-3-5-17/h6-9,17H,1-5,10-16H2,(H,27,31). The van der Waals surface area contributed by atoms with Crippen molar-refractivity contribution in [3.8, 4) is 5.75 Å². The molecule has 1 aliphatic carbocycles. The Labute approximate surface area is 186 Å². The molecule has 1 N–H and O–H groups in total. The molecular formula is C23H30F3N3O3. The van der Waals surface area contributed by atoms with Gasteiger partial charge in [-0.25, -0.2) is 4.79 Å². The molecule has 0 unspecified atom stereocenters. The SMILES string of the molecule is O=C(NCC1CCCCC1)N1CCC2(CC1)CCN(c1ccc(OC(F)(F)F)cc1)C2=O. The lowest BCUT2D eigenvalue weighted by atomic mass is 9.77. The van der Waals surface area contributed by atoms with Gasteiger partial charge in [0, 0.05) is 31.9 Å². The first kappa shape index (κ1) is 22.7. The number of ether oxygens (including phenoxy) is 1. The summed E-state index contributed by atoms with van der Waals surface area (Å²) in [5.74, 6) is 0.251. The van der Waals surface area contributed by atoms with Gasteiger partial charge in [-0.2, -0.15) is 0 Å². The Morgan fingerprint density at radius 3 is 2.28 bits per heavy atom. The van der Waals surface area contributed by atoms with Crippen molar-refractivity contribution in [1.29, 1.82) is 0 Å². The zero-order chi connectivity index (χ0) is 22.8. The van der Waals surface area contributed by atoms with E-state index in [1.807, 2.05) is 0 Å². The lowest BCUT2D eigenvalue weighted by Crippen LogP contribution is -2.50. The van der Waals surface area contributed by atoms with E-state index in [-0.39, 0.29) is 17.7 Å². The lowest BCUT2D eigenvalue weighted by molar-refractivity contribution is -0.274. The number of alkyl halides is 3. The Hall–Kier alpha value is -2.45. The Bertz CT molecular complexity index is 814. The summed E-state index contributed by atoms with van der Waals surface area (Å²) >= 11 is 0. The van der Waals surface area contributed by atoms with Crippen molar-refractivity contribution in [2.45, 2.75) is 57.7 Å². The van der Waals surface area contributed by atoms with Gasteiger partial charge in [0.2, 0.25) is 5.91 Å². The van der Waals surface area contributed by atoms with E-state index in [4.69, 9.17) is 0 Å². The minimum atomic E-state index is -4.74. The van der Waals surface area contributed by atoms with E-state index < -0.39 is 11.8 Å². The average Bonchev–Trinajstić information content (AvgIpc) is 3.08. The normalized spacial score (nSPS) is 21.8. The van der Waals surface area contributed by atoms with Gasteiger partial charge in [0.15, 0.2) is 0 Å². The van der Waals surface area contributed by atoms with Crippen molar-refractivity contribution in [3.05, 3.63) is 24.3 Å². The molecule has 0 bridgehead atoms. The molecule has 2 saturated heterocycles. The van der Waals surface area contributed by atoms with E-state index >= 15 is 0 Å². The maximum atomic E-state index is 13.2. The van der Waals surface area contributed by atoms with Crippen LogP contribution in [-0.2, 0) is 4.79 Å². The van der Waals surface area contributed by atoms with E-state index in [2.05, 4.69) is 10.1 Å². The molecule has 9 heteroatoms. The van der Waals surface area contributed by atoms with Gasteiger partial charge in [0.1, 0.15) is 5.75 Å². The van der Waals surface area contributed by atoms with Crippen LogP contribution in [0, 0.1) is 11.3 Å². The molecule has 4 rings (SSSR count). The predicted molar refractivity (Wildman–Crippen MR) is 113 cm³/mol. The molecule has 0 aromatic heterocycles. The highest BCUT2D eigenvalue weighted by Crippen LogP contribution is 2.43. The first-order valence-electron chi connectivity index (χ1n) is 11.5. The van der Waals surface area contributed by atoms with Crippen LogP contribution in [0.15, 0.2) is 24.3 Å². The quantitative estimate of drug-likeness (QED) is 0.719. The molecule has 3 aliphatic rings. The number of nitrogens with zero attached hydrogens (tertiary/aromatic N) is 2. The maximum absolute atomic E-state index is 13.2. The number of nitrogens with one attached hydrogen (secondary N) is 1. The summed E-state index contributed by atoms with van der Waals surface area (Å²) < 4.78 is 41.0. The van der Waals surface area contributed by atoms with Crippen molar-refractivity contribution in [2.24, 2.45) is 11.3 Å². The molecule has 1 aromatic rings. The number of hydrogen-bond acceptors (Lipinski definition) is 3. The van der Waals surface area contributed by atoms with Crippen molar-refractivity contribution >= 4 is 17.6 Å². The van der Waals surface area contributed by atoms with Crippen LogP contribution in [0.5, 0.6) is 5.75 Å². The zero-order valence-corrected chi connectivity index (χ0v) is 18.1. The minimum Gasteiger partial charge on any atom is -0.406 e. The van der Waals surface area contributed by atoms with Crippen molar-refractivity contribution < 1.29 is 27.5 Å². The largest absolute Gasteiger partial charge is 0.573 e. The second kappa shape index (κ2) is 9.19. The summed E-state index contributed by atoms with van der Waals surface area (Å²) in [5.41, 5.74) is 0.0652. The fourth-order valence-electron chi connectivity index (χ4n) is 5.23. The second-order valence-corrected chi connectivity index (χ2v) is 9.21. The summed E-state index contributed by atoms with van der Waals surface area (Å²) in [6, 6.07) is 5.35. The Balaban J connectivity index is 1.29. The number of benzene rings is 1. The molecule has 1 spiro atoms. The molecular weight excluding hydrogens is 423 g/mol. The minimum absolute atomic E-state index is 0.00995. The molecule has 0 radical (unpaired) electrons. The van der Waals surface area contributed by atoms with Gasteiger partial charge in [-0.15, -0.1) is 13.2 Å². The van der Waals surface area contributed by atoms with Gasteiger partial charge < -0.3 is 19.9 Å². The number of carbonyl (C=O) groups excluding carboxylic acids is 2. The van der Waals surface area contributed by atoms with Crippen molar-refractivity contribution in [2.75, 3.05) is 31.1 Å². The molecule has 1 saturated carbocycles. The zero-order valence-electron chi connectivity index (χ0n) is 18.1. The highest BCUT2D eigenvalue weighted by molar-refractivity contribution is 6.00. The van der Waals surface area contributed by atoms with Gasteiger partial charge in [-0.3, -0.25) is 4.79 Å². The summed E-state index contributed by atoms with van der Waals surface area (Å²) in [5, 5.41) is 3.07. The van der Waals surface area contributed by atoms with Gasteiger partial charge in [0.05, 0.1) is 5.41 Å². The smallest absolute Gasteiger partial charge is 0.406 e. The van der Waals surface area contributed by atoms with E-state index in [0.717, 1.165) is 6.54 Å². The Morgan fingerprint density at radius 2 is 1.66 bits per heavy atom. The predicted octanol–water partition coefficient (Wildman–Crippen LogP) is 4.69.